The highest BCUT2D eigenvalue weighted by Gasteiger charge is 2.33. The van der Waals surface area contributed by atoms with Gasteiger partial charge in [0.2, 0.25) is 0 Å². The highest BCUT2D eigenvalue weighted by molar-refractivity contribution is 7.07. The summed E-state index contributed by atoms with van der Waals surface area (Å²) in [5.41, 5.74) is 1.63. The fourth-order valence-electron chi connectivity index (χ4n) is 3.98. The predicted molar refractivity (Wildman–Crippen MR) is 136 cm³/mol. The molecule has 190 valence electrons. The van der Waals surface area contributed by atoms with E-state index in [9.17, 15) is 19.2 Å². The van der Waals surface area contributed by atoms with E-state index in [1.807, 2.05) is 0 Å². The molecule has 2 heterocycles. The Labute approximate surface area is 215 Å². The van der Waals surface area contributed by atoms with Crippen LogP contribution in [-0.4, -0.2) is 29.1 Å². The minimum atomic E-state index is -0.795. The number of allylic oxidation sites excluding steroid dienone is 1. The van der Waals surface area contributed by atoms with Crippen LogP contribution in [0.15, 0.2) is 69.6 Å². The number of carbonyl (C=O) groups excluding carboxylic acids is 3. The van der Waals surface area contributed by atoms with Crippen molar-refractivity contribution >= 4 is 35.3 Å². The average molecular weight is 521 g/mol. The second kappa shape index (κ2) is 10.8. The second-order valence-electron chi connectivity index (χ2n) is 8.13. The number of nitrogens with zero attached hydrogens (tertiary/aromatic N) is 2. The molecular formula is C27H24N2O7S. The lowest BCUT2D eigenvalue weighted by atomic mass is 9.96. The largest absolute Gasteiger partial charge is 0.463 e. The number of fused-ring (bicyclic) bond motifs is 1. The molecule has 3 aromatic rings. The van der Waals surface area contributed by atoms with E-state index in [1.54, 1.807) is 68.5 Å². The molecule has 2 aromatic carbocycles. The van der Waals surface area contributed by atoms with Crippen molar-refractivity contribution in [2.45, 2.75) is 33.7 Å². The molecule has 0 unspecified atom stereocenters. The summed E-state index contributed by atoms with van der Waals surface area (Å²) in [7, 11) is 0. The average Bonchev–Trinajstić information content (AvgIpc) is 3.12. The number of aromatic nitrogens is 1. The minimum Gasteiger partial charge on any atom is -0.463 e. The van der Waals surface area contributed by atoms with Crippen LogP contribution in [0.25, 0.3) is 6.08 Å². The molecule has 10 heteroatoms. The maximum Gasteiger partial charge on any atom is 0.338 e. The van der Waals surface area contributed by atoms with E-state index in [0.717, 1.165) is 0 Å². The van der Waals surface area contributed by atoms with Crippen molar-refractivity contribution in [3.05, 3.63) is 90.6 Å². The summed E-state index contributed by atoms with van der Waals surface area (Å²) in [5.74, 6) is -0.768. The Hall–Kier alpha value is -4.31. The van der Waals surface area contributed by atoms with Crippen molar-refractivity contribution in [1.29, 1.82) is 0 Å². The zero-order chi connectivity index (χ0) is 26.7. The van der Waals surface area contributed by atoms with Crippen LogP contribution in [0, 0.1) is 0 Å². The molecular weight excluding hydrogens is 496 g/mol. The van der Waals surface area contributed by atoms with Gasteiger partial charge in [0.15, 0.2) is 4.80 Å². The van der Waals surface area contributed by atoms with Crippen LogP contribution in [0.3, 0.4) is 0 Å². The van der Waals surface area contributed by atoms with Crippen molar-refractivity contribution in [2.75, 3.05) is 6.61 Å². The maximum absolute atomic E-state index is 13.7. The molecule has 4 rings (SSSR count). The highest BCUT2D eigenvalue weighted by atomic mass is 32.1. The van der Waals surface area contributed by atoms with Crippen molar-refractivity contribution < 1.29 is 28.6 Å². The van der Waals surface area contributed by atoms with Gasteiger partial charge in [0.05, 0.1) is 28.5 Å². The molecule has 1 aromatic heterocycles. The second-order valence-corrected chi connectivity index (χ2v) is 9.14. The van der Waals surface area contributed by atoms with Crippen molar-refractivity contribution in [3.8, 4) is 11.5 Å². The van der Waals surface area contributed by atoms with Gasteiger partial charge in [0.1, 0.15) is 11.5 Å². The van der Waals surface area contributed by atoms with Crippen molar-refractivity contribution in [2.24, 2.45) is 4.99 Å². The van der Waals surface area contributed by atoms with Gasteiger partial charge in [0, 0.05) is 13.8 Å². The van der Waals surface area contributed by atoms with Gasteiger partial charge >= 0.3 is 17.9 Å². The number of carbonyl (C=O) groups is 3. The lowest BCUT2D eigenvalue weighted by Crippen LogP contribution is -2.39. The van der Waals surface area contributed by atoms with Gasteiger partial charge < -0.3 is 14.2 Å². The van der Waals surface area contributed by atoms with Crippen molar-refractivity contribution in [1.82, 2.24) is 4.57 Å². The third-order valence-corrected chi connectivity index (χ3v) is 6.37. The Balaban J connectivity index is 1.87. The number of hydrogen-bond acceptors (Lipinski definition) is 9. The van der Waals surface area contributed by atoms with E-state index in [0.29, 0.717) is 37.7 Å². The molecule has 1 atom stereocenters. The summed E-state index contributed by atoms with van der Waals surface area (Å²) in [6, 6.07) is 12.6. The van der Waals surface area contributed by atoms with E-state index in [-0.39, 0.29) is 17.7 Å². The van der Waals surface area contributed by atoms with Gasteiger partial charge in [-0.25, -0.2) is 9.79 Å². The SMILES string of the molecule is CCOC(=O)C1=C(C)N=c2s/c(=C\c3cccc(OC(C)=O)c3)c(=O)n2[C@@H]1c1ccc(OC(C)=O)cc1. The zero-order valence-electron chi connectivity index (χ0n) is 20.6. The number of ether oxygens (including phenoxy) is 3. The summed E-state index contributed by atoms with van der Waals surface area (Å²) >= 11 is 1.18. The van der Waals surface area contributed by atoms with Crippen LogP contribution in [0.1, 0.15) is 44.9 Å². The van der Waals surface area contributed by atoms with E-state index >= 15 is 0 Å². The first-order chi connectivity index (χ1) is 17.7. The first-order valence-corrected chi connectivity index (χ1v) is 12.3. The monoisotopic (exact) mass is 520 g/mol. The summed E-state index contributed by atoms with van der Waals surface area (Å²) in [6.07, 6.45) is 1.68. The molecule has 9 nitrogen and oxygen atoms in total. The van der Waals surface area contributed by atoms with Crippen LogP contribution < -0.4 is 24.4 Å². The van der Waals surface area contributed by atoms with Crippen LogP contribution >= 0.6 is 11.3 Å². The van der Waals surface area contributed by atoms with Gasteiger partial charge in [-0.2, -0.15) is 0 Å². The molecule has 37 heavy (non-hydrogen) atoms. The molecule has 0 saturated carbocycles. The minimum absolute atomic E-state index is 0.164. The summed E-state index contributed by atoms with van der Waals surface area (Å²) in [6.45, 7) is 6.18. The lowest BCUT2D eigenvalue weighted by Gasteiger charge is -2.24. The Morgan fingerprint density at radius 2 is 1.70 bits per heavy atom. The molecule has 0 saturated heterocycles. The highest BCUT2D eigenvalue weighted by Crippen LogP contribution is 2.31. The van der Waals surface area contributed by atoms with E-state index in [2.05, 4.69) is 4.99 Å². The first kappa shape index (κ1) is 25.8. The molecule has 0 radical (unpaired) electrons. The zero-order valence-corrected chi connectivity index (χ0v) is 21.5. The number of thiazole rings is 1. The van der Waals surface area contributed by atoms with Crippen LogP contribution in [0.5, 0.6) is 11.5 Å². The number of esters is 3. The van der Waals surface area contributed by atoms with Crippen molar-refractivity contribution in [3.63, 3.8) is 0 Å². The summed E-state index contributed by atoms with van der Waals surface area (Å²) in [4.78, 5) is 54.2. The van der Waals surface area contributed by atoms with Gasteiger partial charge in [-0.15, -0.1) is 0 Å². The third kappa shape index (κ3) is 5.59. The van der Waals surface area contributed by atoms with E-state index in [1.165, 1.54) is 29.8 Å². The van der Waals surface area contributed by atoms with Gasteiger partial charge in [-0.1, -0.05) is 35.6 Å². The normalized spacial score (nSPS) is 15.0. The fourth-order valence-corrected chi connectivity index (χ4v) is 5.02. The topological polar surface area (TPSA) is 113 Å². The lowest BCUT2D eigenvalue weighted by molar-refractivity contribution is -0.139. The first-order valence-electron chi connectivity index (χ1n) is 11.4. The molecule has 0 amide bonds. The Kier molecular flexibility index (Phi) is 7.49. The standard InChI is InChI=1S/C27H24N2O7S/c1-5-34-26(33)23-15(2)28-27-29(24(23)19-9-11-20(12-10-19)35-16(3)30)25(32)22(37-27)14-18-7-6-8-21(13-18)36-17(4)31/h6-14,24H,5H2,1-4H3/b22-14-/t24-/m1/s1. The van der Waals surface area contributed by atoms with E-state index in [4.69, 9.17) is 14.2 Å². The predicted octanol–water partition coefficient (Wildman–Crippen LogP) is 2.65. The summed E-state index contributed by atoms with van der Waals surface area (Å²) in [5, 5.41) is 0. The molecule has 1 aliphatic heterocycles. The number of hydrogen-bond donors (Lipinski definition) is 0. The number of rotatable bonds is 6. The fraction of sp³-hybridized carbons (Fsp3) is 0.222. The maximum atomic E-state index is 13.7. The Bertz CT molecular complexity index is 1600. The molecule has 1 aliphatic rings. The van der Waals surface area contributed by atoms with Crippen LogP contribution in [0.4, 0.5) is 0 Å². The van der Waals surface area contributed by atoms with E-state index < -0.39 is 23.9 Å². The molecule has 0 N–H and O–H groups in total. The number of benzene rings is 2. The quantitative estimate of drug-likeness (QED) is 0.363. The van der Waals surface area contributed by atoms with Crippen LogP contribution in [-0.2, 0) is 19.1 Å². The molecule has 0 fully saturated rings. The molecule has 0 aliphatic carbocycles. The van der Waals surface area contributed by atoms with Crippen LogP contribution in [0.2, 0.25) is 0 Å². The molecule has 0 bridgehead atoms. The van der Waals surface area contributed by atoms with Gasteiger partial charge in [0.25, 0.3) is 5.56 Å². The Morgan fingerprint density at radius 3 is 2.35 bits per heavy atom. The smallest absolute Gasteiger partial charge is 0.338 e. The Morgan fingerprint density at radius 1 is 1.03 bits per heavy atom. The van der Waals surface area contributed by atoms with Gasteiger partial charge in [-0.05, 0) is 55.3 Å². The molecule has 0 spiro atoms. The third-order valence-electron chi connectivity index (χ3n) is 5.39. The van der Waals surface area contributed by atoms with Gasteiger partial charge in [-0.3, -0.25) is 19.0 Å². The summed E-state index contributed by atoms with van der Waals surface area (Å²) < 4.78 is 17.4.